The summed E-state index contributed by atoms with van der Waals surface area (Å²) in [5.41, 5.74) is 1.84. The van der Waals surface area contributed by atoms with Gasteiger partial charge in [0.25, 0.3) is 0 Å². The molecule has 126 valence electrons. The van der Waals surface area contributed by atoms with E-state index in [4.69, 9.17) is 0 Å². The molecular weight excluding hydrogens is 304 g/mol. The molecular formula is C19H22N2O3. The van der Waals surface area contributed by atoms with Gasteiger partial charge in [0.15, 0.2) is 0 Å². The number of rotatable bonds is 8. The second kappa shape index (κ2) is 8.82. The van der Waals surface area contributed by atoms with Gasteiger partial charge in [-0.05, 0) is 24.1 Å². The highest BCUT2D eigenvalue weighted by Gasteiger charge is 2.23. The molecule has 2 rings (SSSR count). The zero-order valence-electron chi connectivity index (χ0n) is 13.8. The lowest BCUT2D eigenvalue weighted by molar-refractivity contribution is -0.145. The van der Waals surface area contributed by atoms with Crippen LogP contribution in [0.5, 0.6) is 0 Å². The van der Waals surface area contributed by atoms with E-state index in [0.717, 1.165) is 11.3 Å². The summed E-state index contributed by atoms with van der Waals surface area (Å²) in [5.74, 6) is -1.81. The molecule has 0 radical (unpaired) electrons. The van der Waals surface area contributed by atoms with Crippen molar-refractivity contribution >= 4 is 11.9 Å². The summed E-state index contributed by atoms with van der Waals surface area (Å²) in [4.78, 5) is 29.6. The van der Waals surface area contributed by atoms with Crippen LogP contribution in [0.2, 0.25) is 0 Å². The Bertz CT molecular complexity index is 659. The summed E-state index contributed by atoms with van der Waals surface area (Å²) in [6, 6.07) is 15.0. The molecule has 0 bridgehead atoms. The van der Waals surface area contributed by atoms with Crippen LogP contribution in [-0.4, -0.2) is 40.5 Å². The number of carboxylic acid groups (broad SMARTS) is 1. The molecule has 1 aromatic carbocycles. The lowest BCUT2D eigenvalue weighted by Crippen LogP contribution is -2.32. The third-order valence-electron chi connectivity index (χ3n) is 3.95. The van der Waals surface area contributed by atoms with E-state index in [1.165, 1.54) is 0 Å². The monoisotopic (exact) mass is 326 g/mol. The first-order valence-electron chi connectivity index (χ1n) is 7.97. The van der Waals surface area contributed by atoms with Crippen LogP contribution in [0.3, 0.4) is 0 Å². The van der Waals surface area contributed by atoms with Crippen LogP contribution in [0.1, 0.15) is 17.7 Å². The van der Waals surface area contributed by atoms with Crippen LogP contribution in [0, 0.1) is 5.92 Å². The van der Waals surface area contributed by atoms with Crippen LogP contribution in [0.4, 0.5) is 0 Å². The molecule has 0 aliphatic rings. The predicted molar refractivity (Wildman–Crippen MR) is 91.5 cm³/mol. The molecule has 5 nitrogen and oxygen atoms in total. The summed E-state index contributed by atoms with van der Waals surface area (Å²) in [6.45, 7) is 0.521. The molecule has 5 heteroatoms. The van der Waals surface area contributed by atoms with E-state index < -0.39 is 11.9 Å². The zero-order chi connectivity index (χ0) is 17.4. The molecule has 24 heavy (non-hydrogen) atoms. The summed E-state index contributed by atoms with van der Waals surface area (Å²) < 4.78 is 0. The van der Waals surface area contributed by atoms with Crippen LogP contribution >= 0.6 is 0 Å². The highest BCUT2D eigenvalue weighted by molar-refractivity contribution is 5.82. The van der Waals surface area contributed by atoms with Crippen LogP contribution < -0.4 is 0 Å². The number of carbonyl (C=O) groups excluding carboxylic acids is 1. The molecule has 1 heterocycles. The van der Waals surface area contributed by atoms with Gasteiger partial charge in [0.2, 0.25) is 5.91 Å². The Balaban J connectivity index is 1.88. The number of amides is 1. The first kappa shape index (κ1) is 17.7. The van der Waals surface area contributed by atoms with E-state index in [0.29, 0.717) is 19.4 Å². The molecule has 1 unspecified atom stereocenters. The number of aliphatic carboxylic acids is 1. The SMILES string of the molecule is CN(CCc1ccccn1)C(=O)CC(Cc1ccccc1)C(=O)O. The quantitative estimate of drug-likeness (QED) is 0.809. The molecule has 1 aromatic heterocycles. The molecule has 2 aromatic rings. The van der Waals surface area contributed by atoms with Crippen molar-refractivity contribution in [1.29, 1.82) is 0 Å². The number of hydrogen-bond donors (Lipinski definition) is 1. The van der Waals surface area contributed by atoms with Crippen LogP contribution in [0.25, 0.3) is 0 Å². The number of pyridine rings is 1. The third kappa shape index (κ3) is 5.50. The normalized spacial score (nSPS) is 11.7. The van der Waals surface area contributed by atoms with Gasteiger partial charge in [0.1, 0.15) is 0 Å². The summed E-state index contributed by atoms with van der Waals surface area (Å²) >= 11 is 0. The fourth-order valence-corrected chi connectivity index (χ4v) is 2.46. The van der Waals surface area contributed by atoms with Crippen molar-refractivity contribution in [3.8, 4) is 0 Å². The number of aromatic nitrogens is 1. The third-order valence-corrected chi connectivity index (χ3v) is 3.95. The van der Waals surface area contributed by atoms with Crippen LogP contribution in [-0.2, 0) is 22.4 Å². The molecule has 0 aliphatic carbocycles. The number of likely N-dealkylation sites (N-methyl/N-ethyl adjacent to an activating group) is 1. The molecule has 0 spiro atoms. The van der Waals surface area contributed by atoms with E-state index in [9.17, 15) is 14.7 Å². The van der Waals surface area contributed by atoms with Gasteiger partial charge in [-0.1, -0.05) is 36.4 Å². The minimum atomic E-state index is -0.940. The number of hydrogen-bond acceptors (Lipinski definition) is 3. The van der Waals surface area contributed by atoms with Gasteiger partial charge in [-0.25, -0.2) is 0 Å². The van der Waals surface area contributed by atoms with Gasteiger partial charge >= 0.3 is 5.97 Å². The maximum atomic E-state index is 12.3. The summed E-state index contributed by atoms with van der Waals surface area (Å²) in [5, 5.41) is 9.39. The number of nitrogens with zero attached hydrogens (tertiary/aromatic N) is 2. The highest BCUT2D eigenvalue weighted by Crippen LogP contribution is 2.14. The lowest BCUT2D eigenvalue weighted by Gasteiger charge is -2.19. The fraction of sp³-hybridized carbons (Fsp3) is 0.316. The molecule has 1 amide bonds. The Morgan fingerprint density at radius 1 is 1.12 bits per heavy atom. The minimum Gasteiger partial charge on any atom is -0.481 e. The van der Waals surface area contributed by atoms with E-state index in [-0.39, 0.29) is 12.3 Å². The second-order valence-corrected chi connectivity index (χ2v) is 5.82. The van der Waals surface area contributed by atoms with Gasteiger partial charge in [-0.2, -0.15) is 0 Å². The average molecular weight is 326 g/mol. The molecule has 1 atom stereocenters. The van der Waals surface area contributed by atoms with Crippen molar-refractivity contribution < 1.29 is 14.7 Å². The van der Waals surface area contributed by atoms with Crippen molar-refractivity contribution in [3.63, 3.8) is 0 Å². The number of carboxylic acids is 1. The van der Waals surface area contributed by atoms with Gasteiger partial charge < -0.3 is 10.0 Å². The molecule has 0 fully saturated rings. The zero-order valence-corrected chi connectivity index (χ0v) is 13.8. The van der Waals surface area contributed by atoms with Gasteiger partial charge in [0, 0.05) is 38.3 Å². The fourth-order valence-electron chi connectivity index (χ4n) is 2.46. The standard InChI is InChI=1S/C19H22N2O3/c1-21(12-10-17-9-5-6-11-20-17)18(22)14-16(19(23)24)13-15-7-3-2-4-8-15/h2-9,11,16H,10,12-14H2,1H3,(H,23,24). The van der Waals surface area contributed by atoms with E-state index in [2.05, 4.69) is 4.98 Å². The van der Waals surface area contributed by atoms with Crippen molar-refractivity contribution in [3.05, 3.63) is 66.0 Å². The Morgan fingerprint density at radius 3 is 2.46 bits per heavy atom. The van der Waals surface area contributed by atoms with Crippen LogP contribution in [0.15, 0.2) is 54.7 Å². The number of benzene rings is 1. The lowest BCUT2D eigenvalue weighted by atomic mass is 9.95. The van der Waals surface area contributed by atoms with E-state index >= 15 is 0 Å². The average Bonchev–Trinajstić information content (AvgIpc) is 2.60. The largest absolute Gasteiger partial charge is 0.481 e. The Labute approximate surface area is 142 Å². The predicted octanol–water partition coefficient (Wildman–Crippen LogP) is 2.42. The van der Waals surface area contributed by atoms with Crippen molar-refractivity contribution in [1.82, 2.24) is 9.88 Å². The van der Waals surface area contributed by atoms with E-state index in [1.807, 2.05) is 48.5 Å². The topological polar surface area (TPSA) is 70.5 Å². The Morgan fingerprint density at radius 2 is 1.83 bits per heavy atom. The maximum absolute atomic E-state index is 12.3. The molecule has 0 saturated carbocycles. The minimum absolute atomic E-state index is 0.00292. The van der Waals surface area contributed by atoms with Gasteiger partial charge in [-0.15, -0.1) is 0 Å². The second-order valence-electron chi connectivity index (χ2n) is 5.82. The molecule has 0 aliphatic heterocycles. The smallest absolute Gasteiger partial charge is 0.307 e. The highest BCUT2D eigenvalue weighted by atomic mass is 16.4. The first-order valence-corrected chi connectivity index (χ1v) is 7.97. The molecule has 1 N–H and O–H groups in total. The summed E-state index contributed by atoms with van der Waals surface area (Å²) in [6.07, 6.45) is 2.73. The first-order chi connectivity index (χ1) is 11.6. The number of carbonyl (C=O) groups is 2. The summed E-state index contributed by atoms with van der Waals surface area (Å²) in [7, 11) is 1.70. The van der Waals surface area contributed by atoms with Crippen molar-refractivity contribution in [2.24, 2.45) is 5.92 Å². The molecule has 0 saturated heterocycles. The Hall–Kier alpha value is -2.69. The maximum Gasteiger partial charge on any atom is 0.307 e. The Kier molecular flexibility index (Phi) is 6.49. The van der Waals surface area contributed by atoms with Crippen molar-refractivity contribution in [2.75, 3.05) is 13.6 Å². The van der Waals surface area contributed by atoms with Gasteiger partial charge in [0.05, 0.1) is 5.92 Å². The van der Waals surface area contributed by atoms with E-state index in [1.54, 1.807) is 18.1 Å². The van der Waals surface area contributed by atoms with Gasteiger partial charge in [-0.3, -0.25) is 14.6 Å². The van der Waals surface area contributed by atoms with Crippen molar-refractivity contribution in [2.45, 2.75) is 19.3 Å².